The molecule has 0 spiro atoms. The molecule has 3 aromatic rings. The van der Waals surface area contributed by atoms with Gasteiger partial charge in [0.25, 0.3) is 0 Å². The van der Waals surface area contributed by atoms with Gasteiger partial charge in [0.05, 0.1) is 23.8 Å². The van der Waals surface area contributed by atoms with Crippen molar-refractivity contribution in [1.82, 2.24) is 19.8 Å². The van der Waals surface area contributed by atoms with Gasteiger partial charge < -0.3 is 24.8 Å². The average Bonchev–Trinajstić information content (AvgIpc) is 3.14. The van der Waals surface area contributed by atoms with Gasteiger partial charge in [-0.1, -0.05) is 28.1 Å². The van der Waals surface area contributed by atoms with Gasteiger partial charge in [-0.3, -0.25) is 4.79 Å². The third kappa shape index (κ3) is 5.98. The summed E-state index contributed by atoms with van der Waals surface area (Å²) in [5.41, 5.74) is 4.81. The lowest BCUT2D eigenvalue weighted by Gasteiger charge is -2.28. The highest BCUT2D eigenvalue weighted by atomic mass is 79.9. The monoisotopic (exact) mass is 543 g/mol. The summed E-state index contributed by atoms with van der Waals surface area (Å²) in [4.78, 5) is 19.1. The Hall–Kier alpha value is -2.58. The quantitative estimate of drug-likeness (QED) is 0.296. The number of hydrogen-bond acceptors (Lipinski definition) is 5. The molecule has 0 atom stereocenters. The fourth-order valence-corrected chi connectivity index (χ4v) is 5.05. The van der Waals surface area contributed by atoms with Crippen LogP contribution in [0.4, 0.5) is 11.6 Å². The maximum Gasteiger partial charge on any atom is 0.222 e. The van der Waals surface area contributed by atoms with E-state index in [-0.39, 0.29) is 11.4 Å². The van der Waals surface area contributed by atoms with E-state index >= 15 is 0 Å². The molecule has 3 rings (SSSR count). The first kappa shape index (κ1) is 27.0. The molecule has 35 heavy (non-hydrogen) atoms. The Morgan fingerprint density at radius 2 is 1.94 bits per heavy atom. The van der Waals surface area contributed by atoms with Gasteiger partial charge in [0, 0.05) is 36.6 Å². The lowest BCUT2D eigenvalue weighted by Crippen LogP contribution is -2.38. The molecule has 0 aliphatic heterocycles. The number of fused-ring (bicyclic) bond motifs is 1. The molecule has 2 aromatic carbocycles. The molecule has 0 saturated heterocycles. The molecule has 0 unspecified atom stereocenters. The Morgan fingerprint density at radius 3 is 2.60 bits per heavy atom. The molecule has 1 aromatic heterocycles. The van der Waals surface area contributed by atoms with Crippen LogP contribution in [0.3, 0.4) is 0 Å². The minimum Gasteiger partial charge on any atom is -0.495 e. The average molecular weight is 545 g/mol. The van der Waals surface area contributed by atoms with Crippen LogP contribution in [0, 0.1) is 6.92 Å². The molecule has 0 aliphatic rings. The van der Waals surface area contributed by atoms with E-state index in [0.717, 1.165) is 70.1 Å². The third-order valence-electron chi connectivity index (χ3n) is 6.54. The summed E-state index contributed by atoms with van der Waals surface area (Å²) in [7, 11) is 3.70. The van der Waals surface area contributed by atoms with Crippen molar-refractivity contribution in [2.45, 2.75) is 53.0 Å². The molecular weight excluding hydrogens is 506 g/mol. The van der Waals surface area contributed by atoms with Crippen molar-refractivity contribution >= 4 is 44.5 Å². The largest absolute Gasteiger partial charge is 0.495 e. The van der Waals surface area contributed by atoms with Gasteiger partial charge in [0.2, 0.25) is 11.9 Å². The topological polar surface area (TPSA) is 71.4 Å². The molecule has 190 valence electrons. The summed E-state index contributed by atoms with van der Waals surface area (Å²) >= 11 is 3.54. The van der Waals surface area contributed by atoms with Crippen LogP contribution in [0.25, 0.3) is 11.0 Å². The number of imidazole rings is 1. The first-order chi connectivity index (χ1) is 16.6. The first-order valence-electron chi connectivity index (χ1n) is 12.2. The van der Waals surface area contributed by atoms with Crippen molar-refractivity contribution in [3.05, 3.63) is 45.9 Å². The molecule has 8 heteroatoms. The summed E-state index contributed by atoms with van der Waals surface area (Å²) in [5, 5.41) is 7.15. The molecule has 2 N–H and O–H groups in total. The number of rotatable bonds is 11. The van der Waals surface area contributed by atoms with Gasteiger partial charge in [0.15, 0.2) is 0 Å². The van der Waals surface area contributed by atoms with E-state index in [0.29, 0.717) is 6.42 Å². The van der Waals surface area contributed by atoms with E-state index in [4.69, 9.17) is 9.72 Å². The molecule has 0 bridgehead atoms. The van der Waals surface area contributed by atoms with Gasteiger partial charge in [-0.05, 0) is 76.9 Å². The summed E-state index contributed by atoms with van der Waals surface area (Å²) in [6.07, 6.45) is 1.36. The lowest BCUT2D eigenvalue weighted by atomic mass is 9.92. The number of aromatic nitrogens is 2. The zero-order valence-electron chi connectivity index (χ0n) is 22.0. The molecule has 1 heterocycles. The molecule has 1 amide bonds. The van der Waals surface area contributed by atoms with Crippen molar-refractivity contribution < 1.29 is 9.53 Å². The van der Waals surface area contributed by atoms with Gasteiger partial charge in [-0.25, -0.2) is 4.98 Å². The van der Waals surface area contributed by atoms with Gasteiger partial charge in [0.1, 0.15) is 5.75 Å². The van der Waals surface area contributed by atoms with E-state index < -0.39 is 0 Å². The minimum absolute atomic E-state index is 0.220. The highest BCUT2D eigenvalue weighted by Crippen LogP contribution is 2.36. The van der Waals surface area contributed by atoms with Crippen LogP contribution in [0.15, 0.2) is 34.8 Å². The number of benzene rings is 2. The molecular formula is C27H38BrN5O2. The summed E-state index contributed by atoms with van der Waals surface area (Å²) < 4.78 is 8.67. The Bertz CT molecular complexity index is 1180. The minimum atomic E-state index is -0.298. The molecule has 7 nitrogen and oxygen atoms in total. The molecule has 0 fully saturated rings. The second-order valence-corrected chi connectivity index (χ2v) is 10.2. The number of nitrogens with zero attached hydrogens (tertiary/aromatic N) is 3. The fraction of sp³-hybridized carbons (Fsp3) is 0.481. The Labute approximate surface area is 217 Å². The highest BCUT2D eigenvalue weighted by molar-refractivity contribution is 9.10. The van der Waals surface area contributed by atoms with Crippen LogP contribution in [0.5, 0.6) is 5.75 Å². The number of amides is 1. The maximum atomic E-state index is 12.3. The van der Waals surface area contributed by atoms with Crippen LogP contribution < -0.4 is 15.4 Å². The SMILES string of the molecule is CCN(CC)C(=O)CCCNC(C)(C)c1cccc2nc(Nc3c(C)cc(Br)cc3OC)n(C)c12. The number of carbonyl (C=O) groups excluding carboxylic acids is 1. The Balaban J connectivity index is 1.83. The predicted octanol–water partition coefficient (Wildman–Crippen LogP) is 5.87. The van der Waals surface area contributed by atoms with Gasteiger partial charge in [-0.2, -0.15) is 0 Å². The summed E-state index contributed by atoms with van der Waals surface area (Å²) in [6, 6.07) is 10.2. The lowest BCUT2D eigenvalue weighted by molar-refractivity contribution is -0.130. The zero-order chi connectivity index (χ0) is 25.8. The van der Waals surface area contributed by atoms with Crippen LogP contribution in [-0.4, -0.2) is 47.1 Å². The number of methoxy groups -OCH3 is 1. The van der Waals surface area contributed by atoms with E-state index in [1.165, 1.54) is 0 Å². The number of hydrogen-bond donors (Lipinski definition) is 2. The number of aryl methyl sites for hydroxylation is 2. The number of nitrogens with one attached hydrogen (secondary N) is 2. The summed E-state index contributed by atoms with van der Waals surface area (Å²) in [6.45, 7) is 12.7. The molecule has 0 saturated carbocycles. The molecule has 0 radical (unpaired) electrons. The molecule has 0 aliphatic carbocycles. The smallest absolute Gasteiger partial charge is 0.222 e. The standard InChI is InChI=1S/C27H38BrN5O2/c1-8-33(9-2)23(34)14-11-15-29-27(4,5)20-12-10-13-21-25(20)32(6)26(30-21)31-24-18(3)16-19(28)17-22(24)35-7/h10,12-13,16-17,29H,8-9,11,14-15H2,1-7H3,(H,30,31). The van der Waals surface area contributed by atoms with E-state index in [2.05, 4.69) is 57.1 Å². The number of ether oxygens (including phenoxy) is 1. The highest BCUT2D eigenvalue weighted by Gasteiger charge is 2.25. The predicted molar refractivity (Wildman–Crippen MR) is 148 cm³/mol. The maximum absolute atomic E-state index is 12.3. The van der Waals surface area contributed by atoms with E-state index in [1.54, 1.807) is 7.11 Å². The van der Waals surface area contributed by atoms with E-state index in [9.17, 15) is 4.79 Å². The summed E-state index contributed by atoms with van der Waals surface area (Å²) in [5.74, 6) is 1.72. The Kier molecular flexibility index (Phi) is 8.83. The van der Waals surface area contributed by atoms with Crippen molar-refractivity contribution in [1.29, 1.82) is 0 Å². The van der Waals surface area contributed by atoms with Gasteiger partial charge >= 0.3 is 0 Å². The van der Waals surface area contributed by atoms with Crippen LogP contribution in [-0.2, 0) is 17.4 Å². The number of anilines is 2. The van der Waals surface area contributed by atoms with Crippen molar-refractivity contribution in [2.75, 3.05) is 32.1 Å². The first-order valence-corrected chi connectivity index (χ1v) is 13.0. The zero-order valence-corrected chi connectivity index (χ0v) is 23.5. The van der Waals surface area contributed by atoms with Crippen molar-refractivity contribution in [3.63, 3.8) is 0 Å². The second kappa shape index (κ2) is 11.4. The number of carbonyl (C=O) groups is 1. The van der Waals surface area contributed by atoms with Crippen molar-refractivity contribution in [3.8, 4) is 5.75 Å². The second-order valence-electron chi connectivity index (χ2n) is 9.31. The van der Waals surface area contributed by atoms with Crippen LogP contribution >= 0.6 is 15.9 Å². The van der Waals surface area contributed by atoms with Crippen molar-refractivity contribution in [2.24, 2.45) is 7.05 Å². The van der Waals surface area contributed by atoms with Crippen LogP contribution in [0.1, 0.15) is 51.7 Å². The van der Waals surface area contributed by atoms with E-state index in [1.807, 2.05) is 50.9 Å². The normalized spacial score (nSPS) is 11.7. The fourth-order valence-electron chi connectivity index (χ4n) is 4.50. The van der Waals surface area contributed by atoms with Gasteiger partial charge in [-0.15, -0.1) is 0 Å². The third-order valence-corrected chi connectivity index (χ3v) is 7.00. The Morgan fingerprint density at radius 1 is 1.23 bits per heavy atom. The number of halogens is 1. The number of para-hydroxylation sites is 1. The van der Waals surface area contributed by atoms with Crippen LogP contribution in [0.2, 0.25) is 0 Å².